The number of nitrogens with two attached hydrogens (primary N) is 1. The van der Waals surface area contributed by atoms with Crippen LogP contribution in [0.3, 0.4) is 0 Å². The number of carbonyl (C=O) groups is 1. The fourth-order valence-electron chi connectivity index (χ4n) is 2.33. The second kappa shape index (κ2) is 1.95. The predicted molar refractivity (Wildman–Crippen MR) is 38.3 cm³/mol. The molecule has 0 unspecified atom stereocenters. The second-order valence-corrected chi connectivity index (χ2v) is 3.76. The highest BCUT2D eigenvalue weighted by atomic mass is 16.7. The van der Waals surface area contributed by atoms with Gasteiger partial charge in [-0.1, -0.05) is 6.92 Å². The molecule has 4 heteroatoms. The van der Waals surface area contributed by atoms with Crippen LogP contribution in [0, 0.1) is 11.3 Å². The van der Waals surface area contributed by atoms with E-state index in [1.54, 1.807) is 0 Å². The number of rotatable bonds is 1. The van der Waals surface area contributed by atoms with Crippen LogP contribution >= 0.6 is 0 Å². The Hall–Kier alpha value is -0.610. The lowest BCUT2D eigenvalue weighted by molar-refractivity contribution is -0.158. The van der Waals surface area contributed by atoms with Crippen molar-refractivity contribution in [1.29, 1.82) is 0 Å². The molecule has 2 bridgehead atoms. The Balaban J connectivity index is 2.13. The van der Waals surface area contributed by atoms with Crippen LogP contribution in [0.4, 0.5) is 0 Å². The standard InChI is InChI=1S/C7H12N2O2/c1-7-2-4(9-3-7)5(7)6(10)11-8/h4-5,9H,2-3,8H2,1H3/t4-,5+,7-/m0/s1. The van der Waals surface area contributed by atoms with E-state index in [4.69, 9.17) is 5.90 Å². The minimum absolute atomic E-state index is 0.00694. The summed E-state index contributed by atoms with van der Waals surface area (Å²) in [6.07, 6.45) is 1.08. The summed E-state index contributed by atoms with van der Waals surface area (Å²) < 4.78 is 0. The van der Waals surface area contributed by atoms with Crippen LogP contribution < -0.4 is 11.2 Å². The molecular formula is C7H12N2O2. The highest BCUT2D eigenvalue weighted by Crippen LogP contribution is 2.51. The minimum atomic E-state index is -0.270. The molecule has 2 aliphatic heterocycles. The van der Waals surface area contributed by atoms with Gasteiger partial charge >= 0.3 is 5.97 Å². The van der Waals surface area contributed by atoms with Gasteiger partial charge in [-0.05, 0) is 11.8 Å². The summed E-state index contributed by atoms with van der Waals surface area (Å²) in [4.78, 5) is 15.3. The maximum Gasteiger partial charge on any atom is 0.329 e. The second-order valence-electron chi connectivity index (χ2n) is 3.76. The smallest absolute Gasteiger partial charge is 0.329 e. The summed E-state index contributed by atoms with van der Waals surface area (Å²) in [5.74, 6) is 4.54. The van der Waals surface area contributed by atoms with Gasteiger partial charge in [-0.3, -0.25) is 0 Å². The van der Waals surface area contributed by atoms with Crippen LogP contribution in [-0.4, -0.2) is 18.6 Å². The molecule has 3 fully saturated rings. The predicted octanol–water partition coefficient (Wildman–Crippen LogP) is -0.599. The third-order valence-corrected chi connectivity index (χ3v) is 2.98. The first kappa shape index (κ1) is 7.06. The molecule has 0 radical (unpaired) electrons. The minimum Gasteiger partial charge on any atom is -0.373 e. The maximum atomic E-state index is 11.1. The van der Waals surface area contributed by atoms with Crippen LogP contribution in [0.2, 0.25) is 0 Å². The van der Waals surface area contributed by atoms with E-state index < -0.39 is 0 Å². The number of hydrogen-bond donors (Lipinski definition) is 2. The van der Waals surface area contributed by atoms with Crippen LogP contribution in [0.5, 0.6) is 0 Å². The molecule has 3 N–H and O–H groups in total. The van der Waals surface area contributed by atoms with Crippen LogP contribution in [-0.2, 0) is 9.63 Å². The van der Waals surface area contributed by atoms with Crippen molar-refractivity contribution >= 4 is 5.97 Å². The number of carbonyl (C=O) groups excluding carboxylic acids is 1. The molecule has 0 aromatic carbocycles. The molecule has 0 amide bonds. The summed E-state index contributed by atoms with van der Waals surface area (Å²) in [5.41, 5.74) is 0.112. The number of hydrogen-bond acceptors (Lipinski definition) is 4. The zero-order chi connectivity index (χ0) is 8.06. The Morgan fingerprint density at radius 1 is 1.82 bits per heavy atom. The molecule has 3 aliphatic rings. The van der Waals surface area contributed by atoms with E-state index in [2.05, 4.69) is 17.1 Å². The Morgan fingerprint density at radius 2 is 2.55 bits per heavy atom. The molecule has 3 atom stereocenters. The molecule has 62 valence electrons. The Kier molecular flexibility index (Phi) is 1.25. The highest BCUT2D eigenvalue weighted by Gasteiger charge is 2.60. The molecular weight excluding hydrogens is 144 g/mol. The van der Waals surface area contributed by atoms with Crippen LogP contribution in [0.25, 0.3) is 0 Å². The Labute approximate surface area is 65.0 Å². The van der Waals surface area contributed by atoms with E-state index in [1.165, 1.54) is 0 Å². The molecule has 2 saturated heterocycles. The lowest BCUT2D eigenvalue weighted by atomic mass is 9.62. The molecule has 11 heavy (non-hydrogen) atoms. The van der Waals surface area contributed by atoms with Crippen molar-refractivity contribution in [3.8, 4) is 0 Å². The first-order valence-corrected chi connectivity index (χ1v) is 3.81. The quantitative estimate of drug-likeness (QED) is 0.498. The SMILES string of the molecule is C[C@@]12CN[C@@H](C1)[C@@H]2C(=O)ON. The number of fused-ring (bicyclic) bond motifs is 1. The molecule has 3 rings (SSSR count). The maximum absolute atomic E-state index is 11.1. The van der Waals surface area contributed by atoms with Crippen molar-refractivity contribution < 1.29 is 9.63 Å². The van der Waals surface area contributed by atoms with Crippen molar-refractivity contribution in [3.63, 3.8) is 0 Å². The van der Waals surface area contributed by atoms with Crippen molar-refractivity contribution in [2.24, 2.45) is 17.2 Å². The fraction of sp³-hybridized carbons (Fsp3) is 0.857. The van der Waals surface area contributed by atoms with Gasteiger partial charge in [0.25, 0.3) is 0 Å². The van der Waals surface area contributed by atoms with Gasteiger partial charge in [0.2, 0.25) is 0 Å². The van der Waals surface area contributed by atoms with Gasteiger partial charge in [0.05, 0.1) is 5.92 Å². The topological polar surface area (TPSA) is 64.3 Å². The molecule has 2 heterocycles. The summed E-state index contributed by atoms with van der Waals surface area (Å²) in [5, 5.41) is 3.24. The van der Waals surface area contributed by atoms with E-state index in [0.29, 0.717) is 6.04 Å². The van der Waals surface area contributed by atoms with Gasteiger partial charge in [-0.25, -0.2) is 4.79 Å². The summed E-state index contributed by atoms with van der Waals surface area (Å²) in [6.45, 7) is 3.00. The van der Waals surface area contributed by atoms with Crippen molar-refractivity contribution in [3.05, 3.63) is 0 Å². The molecule has 0 aromatic rings. The van der Waals surface area contributed by atoms with E-state index in [-0.39, 0.29) is 17.3 Å². The average molecular weight is 156 g/mol. The normalized spacial score (nSPS) is 46.7. The van der Waals surface area contributed by atoms with Gasteiger partial charge in [-0.2, -0.15) is 5.90 Å². The van der Waals surface area contributed by atoms with Gasteiger partial charge < -0.3 is 10.2 Å². The van der Waals surface area contributed by atoms with E-state index in [0.717, 1.165) is 13.0 Å². The van der Waals surface area contributed by atoms with E-state index >= 15 is 0 Å². The average Bonchev–Trinajstić information content (AvgIpc) is 2.44. The summed E-state index contributed by atoms with van der Waals surface area (Å²) >= 11 is 0. The lowest BCUT2D eigenvalue weighted by Gasteiger charge is -2.40. The van der Waals surface area contributed by atoms with Gasteiger partial charge in [0, 0.05) is 12.6 Å². The Bertz CT molecular complexity index is 203. The van der Waals surface area contributed by atoms with Gasteiger partial charge in [0.15, 0.2) is 0 Å². The van der Waals surface area contributed by atoms with Crippen molar-refractivity contribution in [2.75, 3.05) is 6.54 Å². The fourth-order valence-corrected chi connectivity index (χ4v) is 2.33. The van der Waals surface area contributed by atoms with Crippen molar-refractivity contribution in [1.82, 2.24) is 5.32 Å². The third-order valence-electron chi connectivity index (χ3n) is 2.98. The van der Waals surface area contributed by atoms with E-state index in [9.17, 15) is 4.79 Å². The lowest BCUT2D eigenvalue weighted by Crippen LogP contribution is -2.50. The van der Waals surface area contributed by atoms with Crippen LogP contribution in [0.1, 0.15) is 13.3 Å². The van der Waals surface area contributed by atoms with E-state index in [1.807, 2.05) is 0 Å². The molecule has 4 nitrogen and oxygen atoms in total. The van der Waals surface area contributed by atoms with Gasteiger partial charge in [0.1, 0.15) is 0 Å². The first-order chi connectivity index (χ1) is 5.17. The molecule has 1 saturated carbocycles. The largest absolute Gasteiger partial charge is 0.373 e. The third kappa shape index (κ3) is 0.736. The highest BCUT2D eigenvalue weighted by molar-refractivity contribution is 5.76. The van der Waals surface area contributed by atoms with Crippen molar-refractivity contribution in [2.45, 2.75) is 19.4 Å². The zero-order valence-electron chi connectivity index (χ0n) is 6.46. The van der Waals surface area contributed by atoms with Gasteiger partial charge in [-0.15, -0.1) is 0 Å². The number of nitrogens with one attached hydrogen (secondary N) is 1. The zero-order valence-corrected chi connectivity index (χ0v) is 6.46. The molecule has 0 spiro atoms. The monoisotopic (exact) mass is 156 g/mol. The van der Waals surface area contributed by atoms with Crippen LogP contribution in [0.15, 0.2) is 0 Å². The summed E-state index contributed by atoms with van der Waals surface area (Å²) in [6, 6.07) is 0.316. The first-order valence-electron chi connectivity index (χ1n) is 3.81. The molecule has 0 aromatic heterocycles. The summed E-state index contributed by atoms with van der Waals surface area (Å²) in [7, 11) is 0. The molecule has 1 aliphatic carbocycles. The Morgan fingerprint density at radius 3 is 2.91 bits per heavy atom.